The predicted molar refractivity (Wildman–Crippen MR) is 138 cm³/mol. The summed E-state index contributed by atoms with van der Waals surface area (Å²) in [7, 11) is -4.05. The van der Waals surface area contributed by atoms with Crippen molar-refractivity contribution in [2.45, 2.75) is 43.2 Å². The lowest BCUT2D eigenvalue weighted by atomic mass is 10.2. The fourth-order valence-electron chi connectivity index (χ4n) is 4.26. The van der Waals surface area contributed by atoms with Crippen LogP contribution in [0.15, 0.2) is 71.6 Å². The summed E-state index contributed by atoms with van der Waals surface area (Å²) in [5, 5.41) is 8.53. The second kappa shape index (κ2) is 10.5. The molecule has 11 heteroatoms. The number of hydrogen-bond acceptors (Lipinski definition) is 6. The van der Waals surface area contributed by atoms with E-state index in [1.54, 1.807) is 36.4 Å². The SMILES string of the molecule is O=C(NCc1ccccc1F)Nc1nc2cc(OS(=O)(=O)c3ccc(NC4CCCC4)cc3)ccc2[nH]1. The Kier molecular flexibility index (Phi) is 6.95. The number of carbonyl (C=O) groups is 1. The first kappa shape index (κ1) is 24.6. The Morgan fingerprint density at radius 1 is 1.05 bits per heavy atom. The Bertz CT molecular complexity index is 1520. The molecule has 3 aromatic carbocycles. The molecule has 0 saturated heterocycles. The van der Waals surface area contributed by atoms with Crippen LogP contribution in [-0.4, -0.2) is 30.5 Å². The molecule has 4 aromatic rings. The van der Waals surface area contributed by atoms with Gasteiger partial charge in [0.1, 0.15) is 16.5 Å². The molecule has 192 valence electrons. The van der Waals surface area contributed by atoms with E-state index in [1.807, 2.05) is 0 Å². The maximum absolute atomic E-state index is 13.7. The summed E-state index contributed by atoms with van der Waals surface area (Å²) in [6.45, 7) is 0.00616. The number of nitrogens with one attached hydrogen (secondary N) is 4. The second-order valence-electron chi connectivity index (χ2n) is 8.85. The molecule has 0 aliphatic heterocycles. The van der Waals surface area contributed by atoms with E-state index in [-0.39, 0.29) is 23.1 Å². The van der Waals surface area contributed by atoms with Gasteiger partial charge in [0.2, 0.25) is 5.95 Å². The van der Waals surface area contributed by atoms with E-state index in [0.29, 0.717) is 22.6 Å². The van der Waals surface area contributed by atoms with E-state index in [2.05, 4.69) is 25.9 Å². The molecule has 0 radical (unpaired) electrons. The van der Waals surface area contributed by atoms with Gasteiger partial charge in [0.15, 0.2) is 0 Å². The number of amides is 2. The molecule has 1 aromatic heterocycles. The third kappa shape index (κ3) is 6.00. The number of urea groups is 1. The first-order chi connectivity index (χ1) is 17.9. The number of hydrogen-bond donors (Lipinski definition) is 4. The van der Waals surface area contributed by atoms with E-state index in [0.717, 1.165) is 18.5 Å². The summed E-state index contributed by atoms with van der Waals surface area (Å²) in [4.78, 5) is 19.4. The Morgan fingerprint density at radius 2 is 1.81 bits per heavy atom. The van der Waals surface area contributed by atoms with Crippen LogP contribution in [0.3, 0.4) is 0 Å². The van der Waals surface area contributed by atoms with Crippen LogP contribution in [-0.2, 0) is 16.7 Å². The standard InChI is InChI=1S/C26H26FN5O4S/c27-22-8-4-1-5-17(22)16-28-26(33)32-25-30-23-14-11-20(15-24(23)31-25)36-37(34,35)21-12-9-19(10-13-21)29-18-6-2-3-7-18/h1,4-5,8-15,18,29H,2-3,6-7,16H2,(H3,28,30,31,32,33). The van der Waals surface area contributed by atoms with Crippen molar-refractivity contribution < 1.29 is 21.8 Å². The molecule has 0 spiro atoms. The van der Waals surface area contributed by atoms with Crippen molar-refractivity contribution in [3.63, 3.8) is 0 Å². The normalized spacial score (nSPS) is 14.0. The van der Waals surface area contributed by atoms with Gasteiger partial charge in [-0.2, -0.15) is 8.42 Å². The summed E-state index contributed by atoms with van der Waals surface area (Å²) in [5.41, 5.74) is 2.19. The van der Waals surface area contributed by atoms with Crippen molar-refractivity contribution >= 4 is 38.8 Å². The van der Waals surface area contributed by atoms with Gasteiger partial charge in [-0.3, -0.25) is 5.32 Å². The van der Waals surface area contributed by atoms with Crippen LogP contribution in [0.25, 0.3) is 11.0 Å². The Morgan fingerprint density at radius 3 is 2.57 bits per heavy atom. The quantitative estimate of drug-likeness (QED) is 0.237. The molecule has 1 aliphatic rings. The summed E-state index contributed by atoms with van der Waals surface area (Å²) in [6, 6.07) is 17.1. The molecule has 9 nitrogen and oxygen atoms in total. The maximum atomic E-state index is 13.7. The molecule has 1 aliphatic carbocycles. The molecule has 0 bridgehead atoms. The molecular weight excluding hydrogens is 497 g/mol. The summed E-state index contributed by atoms with van der Waals surface area (Å²) < 4.78 is 44.6. The van der Waals surface area contributed by atoms with Crippen LogP contribution in [0.2, 0.25) is 0 Å². The van der Waals surface area contributed by atoms with Crippen LogP contribution in [0.5, 0.6) is 5.75 Å². The van der Waals surface area contributed by atoms with Crippen LogP contribution in [0, 0.1) is 5.82 Å². The number of H-pyrrole nitrogens is 1. The van der Waals surface area contributed by atoms with Crippen molar-refractivity contribution in [3.05, 3.63) is 78.1 Å². The van der Waals surface area contributed by atoms with Crippen molar-refractivity contribution in [2.24, 2.45) is 0 Å². The highest BCUT2D eigenvalue weighted by molar-refractivity contribution is 7.87. The fourth-order valence-corrected chi connectivity index (χ4v) is 5.19. The van der Waals surface area contributed by atoms with E-state index in [9.17, 15) is 17.6 Å². The minimum absolute atomic E-state index is 0.00616. The van der Waals surface area contributed by atoms with Crippen molar-refractivity contribution in [3.8, 4) is 5.75 Å². The number of anilines is 2. The number of carbonyl (C=O) groups excluding carboxylic acids is 1. The minimum Gasteiger partial charge on any atom is -0.382 e. The van der Waals surface area contributed by atoms with Gasteiger partial charge < -0.3 is 19.8 Å². The number of imidazole rings is 1. The minimum atomic E-state index is -4.05. The average Bonchev–Trinajstić information content (AvgIpc) is 3.53. The van der Waals surface area contributed by atoms with Gasteiger partial charge in [0.05, 0.1) is 11.0 Å². The van der Waals surface area contributed by atoms with E-state index < -0.39 is 22.0 Å². The zero-order chi connectivity index (χ0) is 25.8. The molecule has 5 rings (SSSR count). The third-order valence-corrected chi connectivity index (χ3v) is 7.42. The number of aromatic nitrogens is 2. The number of halogens is 1. The number of aromatic amines is 1. The average molecular weight is 524 g/mol. The van der Waals surface area contributed by atoms with Crippen LogP contribution < -0.4 is 20.1 Å². The molecule has 2 amide bonds. The van der Waals surface area contributed by atoms with Gasteiger partial charge in [0.25, 0.3) is 0 Å². The van der Waals surface area contributed by atoms with E-state index in [1.165, 1.54) is 43.2 Å². The van der Waals surface area contributed by atoms with Gasteiger partial charge >= 0.3 is 16.1 Å². The van der Waals surface area contributed by atoms with E-state index in [4.69, 9.17) is 4.18 Å². The Balaban J connectivity index is 1.21. The second-order valence-corrected chi connectivity index (χ2v) is 10.4. The number of fused-ring (bicyclic) bond motifs is 1. The van der Waals surface area contributed by atoms with Gasteiger partial charge in [0, 0.05) is 29.9 Å². The summed E-state index contributed by atoms with van der Waals surface area (Å²) >= 11 is 0. The van der Waals surface area contributed by atoms with Crippen molar-refractivity contribution in [1.29, 1.82) is 0 Å². The van der Waals surface area contributed by atoms with Crippen LogP contribution in [0.4, 0.5) is 20.8 Å². The number of rotatable bonds is 8. The highest BCUT2D eigenvalue weighted by Gasteiger charge is 2.19. The van der Waals surface area contributed by atoms with Gasteiger partial charge in [-0.15, -0.1) is 0 Å². The molecule has 0 atom stereocenters. The van der Waals surface area contributed by atoms with Gasteiger partial charge in [-0.25, -0.2) is 14.2 Å². The summed E-state index contributed by atoms with van der Waals surface area (Å²) in [5.74, 6) is -0.181. The smallest absolute Gasteiger partial charge is 0.339 e. The molecule has 1 saturated carbocycles. The molecule has 4 N–H and O–H groups in total. The Hall–Kier alpha value is -4.12. The zero-order valence-electron chi connectivity index (χ0n) is 19.8. The van der Waals surface area contributed by atoms with Crippen molar-refractivity contribution in [1.82, 2.24) is 15.3 Å². The number of nitrogens with zero attached hydrogens (tertiary/aromatic N) is 1. The third-order valence-electron chi connectivity index (χ3n) is 6.16. The lowest BCUT2D eigenvalue weighted by Crippen LogP contribution is -2.28. The zero-order valence-corrected chi connectivity index (χ0v) is 20.6. The molecular formula is C26H26FN5O4S. The number of benzene rings is 3. The highest BCUT2D eigenvalue weighted by atomic mass is 32.2. The fraction of sp³-hybridized carbons (Fsp3) is 0.231. The van der Waals surface area contributed by atoms with Crippen LogP contribution >= 0.6 is 0 Å². The van der Waals surface area contributed by atoms with E-state index >= 15 is 0 Å². The molecule has 1 fully saturated rings. The topological polar surface area (TPSA) is 125 Å². The lowest BCUT2D eigenvalue weighted by molar-refractivity contribution is 0.251. The lowest BCUT2D eigenvalue weighted by Gasteiger charge is -2.14. The predicted octanol–water partition coefficient (Wildman–Crippen LogP) is 5.15. The van der Waals surface area contributed by atoms with Crippen molar-refractivity contribution in [2.75, 3.05) is 10.6 Å². The Labute approximate surface area is 213 Å². The molecule has 1 heterocycles. The maximum Gasteiger partial charge on any atom is 0.339 e. The van der Waals surface area contributed by atoms with Gasteiger partial charge in [-0.05, 0) is 55.3 Å². The monoisotopic (exact) mass is 523 g/mol. The first-order valence-electron chi connectivity index (χ1n) is 11.9. The van der Waals surface area contributed by atoms with Crippen LogP contribution in [0.1, 0.15) is 31.2 Å². The first-order valence-corrected chi connectivity index (χ1v) is 13.4. The van der Waals surface area contributed by atoms with Gasteiger partial charge in [-0.1, -0.05) is 31.0 Å². The summed E-state index contributed by atoms with van der Waals surface area (Å²) in [6.07, 6.45) is 4.65. The molecule has 0 unspecified atom stereocenters. The molecule has 37 heavy (non-hydrogen) atoms. The highest BCUT2D eigenvalue weighted by Crippen LogP contribution is 2.26. The largest absolute Gasteiger partial charge is 0.382 e.